The number of thiophene rings is 1. The third-order valence-electron chi connectivity index (χ3n) is 3.90. The van der Waals surface area contributed by atoms with Crippen LogP contribution in [0.5, 0.6) is 17.2 Å². The fraction of sp³-hybridized carbons (Fsp3) is 0.300. The molecule has 0 N–H and O–H groups in total. The first-order chi connectivity index (χ1) is 13.5. The Kier molecular flexibility index (Phi) is 7.88. The molecule has 2 rings (SSSR count). The van der Waals surface area contributed by atoms with E-state index in [4.69, 9.17) is 18.9 Å². The maximum Gasteiger partial charge on any atom is 0.331 e. The molecule has 0 atom stereocenters. The van der Waals surface area contributed by atoms with Crippen molar-refractivity contribution in [1.82, 2.24) is 4.90 Å². The third-order valence-corrected chi connectivity index (χ3v) is 4.63. The summed E-state index contributed by atoms with van der Waals surface area (Å²) in [6.07, 6.45) is 2.76. The van der Waals surface area contributed by atoms with Crippen LogP contribution >= 0.6 is 11.3 Å². The first kappa shape index (κ1) is 21.3. The number of hydrogen-bond donors (Lipinski definition) is 0. The van der Waals surface area contributed by atoms with Gasteiger partial charge in [0.05, 0.1) is 21.3 Å². The maximum atomic E-state index is 12.1. The normalized spacial score (nSPS) is 10.6. The molecule has 150 valence electrons. The standard InChI is InChI=1S/C20H23NO6S/c1-21(11-14-7-8-28-13-14)19(22)12-27-20(23)6-5-15-9-17(25-3)18(26-4)10-16(15)24-2/h5-10,13H,11-12H2,1-4H3/b6-5+. The summed E-state index contributed by atoms with van der Waals surface area (Å²) in [5, 5.41) is 3.91. The van der Waals surface area contributed by atoms with Crippen LogP contribution in [0, 0.1) is 0 Å². The highest BCUT2D eigenvalue weighted by Crippen LogP contribution is 2.35. The quantitative estimate of drug-likeness (QED) is 0.472. The van der Waals surface area contributed by atoms with Crippen LogP contribution in [-0.2, 0) is 20.9 Å². The van der Waals surface area contributed by atoms with Gasteiger partial charge < -0.3 is 23.8 Å². The number of carbonyl (C=O) groups is 2. The van der Waals surface area contributed by atoms with Crippen molar-refractivity contribution in [2.45, 2.75) is 6.54 Å². The van der Waals surface area contributed by atoms with Crippen LogP contribution in [0.4, 0.5) is 0 Å². The van der Waals surface area contributed by atoms with Crippen LogP contribution in [0.2, 0.25) is 0 Å². The van der Waals surface area contributed by atoms with Crippen molar-refractivity contribution in [1.29, 1.82) is 0 Å². The number of amides is 1. The molecular formula is C20H23NO6S. The van der Waals surface area contributed by atoms with Gasteiger partial charge in [-0.25, -0.2) is 4.79 Å². The lowest BCUT2D eigenvalue weighted by molar-refractivity contribution is -0.147. The van der Waals surface area contributed by atoms with Gasteiger partial charge in [0.25, 0.3) is 5.91 Å². The summed E-state index contributed by atoms with van der Waals surface area (Å²) in [4.78, 5) is 25.6. The number of carbonyl (C=O) groups excluding carboxylic acids is 2. The summed E-state index contributed by atoms with van der Waals surface area (Å²) in [7, 11) is 6.22. The molecule has 28 heavy (non-hydrogen) atoms. The molecule has 1 aromatic carbocycles. The SMILES string of the molecule is COc1cc(OC)c(OC)cc1/C=C/C(=O)OCC(=O)N(C)Cc1ccsc1. The average molecular weight is 405 g/mol. The number of ether oxygens (including phenoxy) is 4. The maximum absolute atomic E-state index is 12.1. The largest absolute Gasteiger partial charge is 0.496 e. The van der Waals surface area contributed by atoms with Gasteiger partial charge in [0.2, 0.25) is 0 Å². The summed E-state index contributed by atoms with van der Waals surface area (Å²) < 4.78 is 20.8. The zero-order valence-corrected chi connectivity index (χ0v) is 17.1. The fourth-order valence-electron chi connectivity index (χ4n) is 2.38. The van der Waals surface area contributed by atoms with E-state index < -0.39 is 5.97 Å². The molecule has 1 heterocycles. The fourth-order valence-corrected chi connectivity index (χ4v) is 3.04. The lowest BCUT2D eigenvalue weighted by Crippen LogP contribution is -2.30. The number of hydrogen-bond acceptors (Lipinski definition) is 7. The second-order valence-corrected chi connectivity index (χ2v) is 6.55. The molecular weight excluding hydrogens is 382 g/mol. The Morgan fingerprint density at radius 3 is 2.36 bits per heavy atom. The van der Waals surface area contributed by atoms with Gasteiger partial charge >= 0.3 is 5.97 Å². The third kappa shape index (κ3) is 5.75. The summed E-state index contributed by atoms with van der Waals surface area (Å²) in [5.74, 6) is 0.610. The predicted molar refractivity (Wildman–Crippen MR) is 107 cm³/mol. The summed E-state index contributed by atoms with van der Waals surface area (Å²) in [5.41, 5.74) is 1.64. The topological polar surface area (TPSA) is 74.3 Å². The minimum atomic E-state index is -0.630. The number of nitrogens with zero attached hydrogens (tertiary/aromatic N) is 1. The van der Waals surface area contributed by atoms with E-state index >= 15 is 0 Å². The van der Waals surface area contributed by atoms with Gasteiger partial charge in [0.15, 0.2) is 18.1 Å². The van der Waals surface area contributed by atoms with Crippen molar-refractivity contribution < 1.29 is 28.5 Å². The van der Waals surface area contributed by atoms with Crippen LogP contribution in [0.1, 0.15) is 11.1 Å². The van der Waals surface area contributed by atoms with E-state index in [2.05, 4.69) is 0 Å². The van der Waals surface area contributed by atoms with Crippen LogP contribution in [0.15, 0.2) is 35.0 Å². The molecule has 1 aromatic heterocycles. The van der Waals surface area contributed by atoms with Crippen LogP contribution in [0.3, 0.4) is 0 Å². The van der Waals surface area contributed by atoms with Gasteiger partial charge in [-0.2, -0.15) is 11.3 Å². The molecule has 1 amide bonds. The van der Waals surface area contributed by atoms with Gasteiger partial charge in [-0.1, -0.05) is 0 Å². The zero-order chi connectivity index (χ0) is 20.5. The molecule has 0 fully saturated rings. The minimum absolute atomic E-state index is 0.281. The molecule has 0 bridgehead atoms. The Hall–Kier alpha value is -3.00. The molecule has 0 radical (unpaired) electrons. The molecule has 0 saturated heterocycles. The van der Waals surface area contributed by atoms with E-state index in [-0.39, 0.29) is 12.5 Å². The number of benzene rings is 1. The summed E-state index contributed by atoms with van der Waals surface area (Å²) in [6, 6.07) is 5.29. The monoisotopic (exact) mass is 405 g/mol. The van der Waals surface area contributed by atoms with Crippen molar-refractivity contribution >= 4 is 29.3 Å². The molecule has 0 aliphatic carbocycles. The summed E-state index contributed by atoms with van der Waals surface area (Å²) in [6.45, 7) is 0.144. The van der Waals surface area contributed by atoms with E-state index in [0.717, 1.165) is 5.56 Å². The molecule has 0 saturated carbocycles. The van der Waals surface area contributed by atoms with Crippen molar-refractivity contribution in [3.05, 3.63) is 46.2 Å². The van der Waals surface area contributed by atoms with Gasteiger partial charge in [-0.05, 0) is 34.5 Å². The van der Waals surface area contributed by atoms with E-state index in [0.29, 0.717) is 29.4 Å². The van der Waals surface area contributed by atoms with E-state index in [1.165, 1.54) is 38.4 Å². The van der Waals surface area contributed by atoms with Crippen LogP contribution in [-0.4, -0.2) is 51.8 Å². The van der Waals surface area contributed by atoms with Crippen molar-refractivity contribution in [3.8, 4) is 17.2 Å². The molecule has 7 nitrogen and oxygen atoms in total. The van der Waals surface area contributed by atoms with Crippen molar-refractivity contribution in [2.24, 2.45) is 0 Å². The second-order valence-electron chi connectivity index (χ2n) is 5.77. The molecule has 0 aliphatic heterocycles. The Morgan fingerprint density at radius 1 is 1.07 bits per heavy atom. The highest BCUT2D eigenvalue weighted by Gasteiger charge is 2.13. The van der Waals surface area contributed by atoms with Gasteiger partial charge in [-0.3, -0.25) is 4.79 Å². The van der Waals surface area contributed by atoms with Crippen molar-refractivity contribution in [3.63, 3.8) is 0 Å². The van der Waals surface area contributed by atoms with Crippen LogP contribution in [0.25, 0.3) is 6.08 Å². The Labute approximate surface area is 168 Å². The first-order valence-electron chi connectivity index (χ1n) is 8.38. The van der Waals surface area contributed by atoms with E-state index in [1.807, 2.05) is 16.8 Å². The highest BCUT2D eigenvalue weighted by atomic mass is 32.1. The Balaban J connectivity index is 1.95. The van der Waals surface area contributed by atoms with E-state index in [9.17, 15) is 9.59 Å². The smallest absolute Gasteiger partial charge is 0.331 e. The molecule has 2 aromatic rings. The van der Waals surface area contributed by atoms with Gasteiger partial charge in [0, 0.05) is 31.3 Å². The molecule has 8 heteroatoms. The number of rotatable bonds is 9. The van der Waals surface area contributed by atoms with Crippen LogP contribution < -0.4 is 14.2 Å². The zero-order valence-electron chi connectivity index (χ0n) is 16.3. The lowest BCUT2D eigenvalue weighted by Gasteiger charge is -2.16. The van der Waals surface area contributed by atoms with E-state index in [1.54, 1.807) is 30.5 Å². The lowest BCUT2D eigenvalue weighted by atomic mass is 10.1. The second kappa shape index (κ2) is 10.4. The van der Waals surface area contributed by atoms with Crippen molar-refractivity contribution in [2.75, 3.05) is 35.0 Å². The first-order valence-corrected chi connectivity index (χ1v) is 9.32. The number of likely N-dealkylation sites (N-methyl/N-ethyl adjacent to an activating group) is 1. The Morgan fingerprint density at radius 2 is 1.75 bits per heavy atom. The highest BCUT2D eigenvalue weighted by molar-refractivity contribution is 7.07. The predicted octanol–water partition coefficient (Wildman–Crippen LogP) is 2.99. The number of methoxy groups -OCH3 is 3. The van der Waals surface area contributed by atoms with Gasteiger partial charge in [-0.15, -0.1) is 0 Å². The molecule has 0 aliphatic rings. The molecule has 0 spiro atoms. The average Bonchev–Trinajstić information content (AvgIpc) is 3.22. The number of esters is 1. The Bertz CT molecular complexity index is 831. The summed E-state index contributed by atoms with van der Waals surface area (Å²) >= 11 is 1.56. The van der Waals surface area contributed by atoms with Gasteiger partial charge in [0.1, 0.15) is 5.75 Å². The molecule has 0 unspecified atom stereocenters. The minimum Gasteiger partial charge on any atom is -0.496 e.